The summed E-state index contributed by atoms with van der Waals surface area (Å²) in [5, 5.41) is 0. The Morgan fingerprint density at radius 2 is 1.86 bits per heavy atom. The highest BCUT2D eigenvalue weighted by atomic mass is 79.9. The molecule has 108 valence electrons. The summed E-state index contributed by atoms with van der Waals surface area (Å²) < 4.78 is 13.6. The normalized spacial score (nSPS) is 10.9. The fourth-order valence-corrected chi connectivity index (χ4v) is 3.11. The summed E-state index contributed by atoms with van der Waals surface area (Å²) in [5.41, 5.74) is 3.21. The van der Waals surface area contributed by atoms with Crippen molar-refractivity contribution < 1.29 is 9.47 Å². The highest BCUT2D eigenvalue weighted by Crippen LogP contribution is 2.34. The van der Waals surface area contributed by atoms with Crippen LogP contribution in [0.2, 0.25) is 0 Å². The van der Waals surface area contributed by atoms with Crippen LogP contribution in [0.15, 0.2) is 41.1 Å². The molecule has 4 nitrogen and oxygen atoms in total. The van der Waals surface area contributed by atoms with Gasteiger partial charge >= 0.3 is 0 Å². The number of ether oxygens (including phenoxy) is 2. The zero-order valence-corrected chi connectivity index (χ0v) is 13.6. The number of hydrogen-bond acceptors (Lipinski definition) is 3. The standard InChI is InChI=1S/C16H15BrN2O2/c1-10-5-4-8-19-14(10)15(17)18-16(19)11-6-7-12(20-2)13(9-11)21-3/h4-9H,1-3H3. The molecule has 0 aliphatic carbocycles. The second-order valence-electron chi connectivity index (χ2n) is 4.71. The average molecular weight is 347 g/mol. The molecular weight excluding hydrogens is 332 g/mol. The van der Waals surface area contributed by atoms with E-state index in [1.54, 1.807) is 14.2 Å². The lowest BCUT2D eigenvalue weighted by Crippen LogP contribution is -1.93. The zero-order valence-electron chi connectivity index (χ0n) is 12.1. The van der Waals surface area contributed by atoms with E-state index in [0.29, 0.717) is 11.5 Å². The van der Waals surface area contributed by atoms with Crippen LogP contribution >= 0.6 is 15.9 Å². The molecular formula is C16H15BrN2O2. The van der Waals surface area contributed by atoms with Crippen LogP contribution in [0.3, 0.4) is 0 Å². The second-order valence-corrected chi connectivity index (χ2v) is 5.46. The number of benzene rings is 1. The Balaban J connectivity index is 2.24. The number of aromatic nitrogens is 2. The highest BCUT2D eigenvalue weighted by molar-refractivity contribution is 9.10. The predicted molar refractivity (Wildman–Crippen MR) is 86.2 cm³/mol. The molecule has 0 spiro atoms. The van der Waals surface area contributed by atoms with Crippen LogP contribution in [0, 0.1) is 6.92 Å². The molecule has 0 saturated carbocycles. The number of fused-ring (bicyclic) bond motifs is 1. The lowest BCUT2D eigenvalue weighted by Gasteiger charge is -2.09. The Labute approximate surface area is 131 Å². The van der Waals surface area contributed by atoms with Gasteiger partial charge in [-0.2, -0.15) is 0 Å². The minimum Gasteiger partial charge on any atom is -0.493 e. The number of methoxy groups -OCH3 is 2. The average Bonchev–Trinajstić information content (AvgIpc) is 2.85. The predicted octanol–water partition coefficient (Wildman–Crippen LogP) is 4.09. The summed E-state index contributed by atoms with van der Waals surface area (Å²) in [5.74, 6) is 2.26. The van der Waals surface area contributed by atoms with Crippen LogP contribution in [0.1, 0.15) is 5.56 Å². The van der Waals surface area contributed by atoms with E-state index in [0.717, 1.165) is 21.5 Å². The number of nitrogens with zero attached hydrogens (tertiary/aromatic N) is 2. The number of aryl methyl sites for hydroxylation is 1. The SMILES string of the molecule is COc1ccc(-c2nc(Br)c3c(C)cccn23)cc1OC. The first kappa shape index (κ1) is 13.9. The molecule has 21 heavy (non-hydrogen) atoms. The molecule has 0 saturated heterocycles. The first-order valence-corrected chi connectivity index (χ1v) is 7.30. The number of halogens is 1. The van der Waals surface area contributed by atoms with Crippen molar-refractivity contribution in [3.63, 3.8) is 0 Å². The third-order valence-electron chi connectivity index (χ3n) is 3.47. The van der Waals surface area contributed by atoms with Crippen LogP contribution < -0.4 is 9.47 Å². The van der Waals surface area contributed by atoms with Crippen molar-refractivity contribution in [3.05, 3.63) is 46.7 Å². The van der Waals surface area contributed by atoms with E-state index in [-0.39, 0.29) is 0 Å². The van der Waals surface area contributed by atoms with Gasteiger partial charge in [0.25, 0.3) is 0 Å². The van der Waals surface area contributed by atoms with E-state index < -0.39 is 0 Å². The lowest BCUT2D eigenvalue weighted by molar-refractivity contribution is 0.355. The molecule has 2 heterocycles. The van der Waals surface area contributed by atoms with Crippen molar-refractivity contribution in [2.45, 2.75) is 6.92 Å². The van der Waals surface area contributed by atoms with Crippen LogP contribution in [0.4, 0.5) is 0 Å². The van der Waals surface area contributed by atoms with Gasteiger partial charge in [-0.25, -0.2) is 4.98 Å². The molecule has 2 aromatic heterocycles. The van der Waals surface area contributed by atoms with E-state index in [9.17, 15) is 0 Å². The van der Waals surface area contributed by atoms with E-state index in [2.05, 4.69) is 38.3 Å². The molecule has 0 radical (unpaired) electrons. The van der Waals surface area contributed by atoms with E-state index in [1.807, 2.05) is 30.5 Å². The van der Waals surface area contributed by atoms with Gasteiger partial charge in [0.05, 0.1) is 19.7 Å². The monoisotopic (exact) mass is 346 g/mol. The second kappa shape index (κ2) is 5.41. The molecule has 0 amide bonds. The van der Waals surface area contributed by atoms with Gasteiger partial charge in [-0.1, -0.05) is 6.07 Å². The third-order valence-corrected chi connectivity index (χ3v) is 4.02. The number of pyridine rings is 1. The van der Waals surface area contributed by atoms with Crippen molar-refractivity contribution >= 4 is 21.4 Å². The largest absolute Gasteiger partial charge is 0.493 e. The van der Waals surface area contributed by atoms with Gasteiger partial charge < -0.3 is 9.47 Å². The number of imidazole rings is 1. The number of rotatable bonds is 3. The van der Waals surface area contributed by atoms with Gasteiger partial charge in [-0.15, -0.1) is 0 Å². The van der Waals surface area contributed by atoms with Crippen molar-refractivity contribution in [1.29, 1.82) is 0 Å². The van der Waals surface area contributed by atoms with Crippen molar-refractivity contribution in [1.82, 2.24) is 9.38 Å². The van der Waals surface area contributed by atoms with Crippen LogP contribution in [0.5, 0.6) is 11.5 Å². The molecule has 0 fully saturated rings. The maximum atomic E-state index is 5.37. The Morgan fingerprint density at radius 3 is 2.57 bits per heavy atom. The molecule has 0 aliphatic heterocycles. The first-order chi connectivity index (χ1) is 10.2. The summed E-state index contributed by atoms with van der Waals surface area (Å²) >= 11 is 3.54. The molecule has 0 N–H and O–H groups in total. The van der Waals surface area contributed by atoms with Crippen LogP contribution in [0.25, 0.3) is 16.9 Å². The Hall–Kier alpha value is -2.01. The molecule has 0 aliphatic rings. The quantitative estimate of drug-likeness (QED) is 0.716. The smallest absolute Gasteiger partial charge is 0.161 e. The lowest BCUT2D eigenvalue weighted by atomic mass is 10.2. The summed E-state index contributed by atoms with van der Waals surface area (Å²) in [6.07, 6.45) is 2.01. The molecule has 1 aromatic carbocycles. The summed E-state index contributed by atoms with van der Waals surface area (Å²) in [6, 6.07) is 9.88. The van der Waals surface area contributed by atoms with Crippen molar-refractivity contribution in [2.75, 3.05) is 14.2 Å². The van der Waals surface area contributed by atoms with Gasteiger partial charge in [-0.3, -0.25) is 4.40 Å². The van der Waals surface area contributed by atoms with Crippen LogP contribution in [-0.4, -0.2) is 23.6 Å². The fraction of sp³-hybridized carbons (Fsp3) is 0.188. The minimum absolute atomic E-state index is 0.690. The van der Waals surface area contributed by atoms with Crippen molar-refractivity contribution in [3.8, 4) is 22.9 Å². The fourth-order valence-electron chi connectivity index (χ4n) is 2.43. The number of hydrogen-bond donors (Lipinski definition) is 0. The summed E-state index contributed by atoms with van der Waals surface area (Å²) in [7, 11) is 3.26. The Morgan fingerprint density at radius 1 is 1.10 bits per heavy atom. The Bertz CT molecular complexity index is 811. The van der Waals surface area contributed by atoms with Gasteiger partial charge in [0.1, 0.15) is 10.4 Å². The van der Waals surface area contributed by atoms with Crippen molar-refractivity contribution in [2.24, 2.45) is 0 Å². The third kappa shape index (κ3) is 2.27. The topological polar surface area (TPSA) is 35.8 Å². The minimum atomic E-state index is 0.690. The van der Waals surface area contributed by atoms with E-state index in [1.165, 1.54) is 5.56 Å². The Kier molecular flexibility index (Phi) is 3.59. The van der Waals surface area contributed by atoms with Gasteiger partial charge in [0, 0.05) is 11.8 Å². The summed E-state index contributed by atoms with van der Waals surface area (Å²) in [4.78, 5) is 4.63. The van der Waals surface area contributed by atoms with E-state index in [4.69, 9.17) is 9.47 Å². The maximum absolute atomic E-state index is 5.37. The van der Waals surface area contributed by atoms with Gasteiger partial charge in [0.2, 0.25) is 0 Å². The first-order valence-electron chi connectivity index (χ1n) is 6.51. The molecule has 3 aromatic rings. The highest BCUT2D eigenvalue weighted by Gasteiger charge is 2.14. The maximum Gasteiger partial charge on any atom is 0.161 e. The van der Waals surface area contributed by atoms with Crippen LogP contribution in [-0.2, 0) is 0 Å². The van der Waals surface area contributed by atoms with Gasteiger partial charge in [0.15, 0.2) is 11.5 Å². The zero-order chi connectivity index (χ0) is 15.0. The molecule has 3 rings (SSSR count). The van der Waals surface area contributed by atoms with E-state index >= 15 is 0 Å². The summed E-state index contributed by atoms with van der Waals surface area (Å²) in [6.45, 7) is 2.07. The molecule has 0 unspecified atom stereocenters. The molecule has 5 heteroatoms. The molecule has 0 bridgehead atoms. The molecule has 0 atom stereocenters. The van der Waals surface area contributed by atoms with Gasteiger partial charge in [-0.05, 0) is 52.7 Å².